The molecule has 6 nitrogen and oxygen atoms in total. The van der Waals surface area contributed by atoms with Crippen LogP contribution in [0.1, 0.15) is 21.7 Å². The first-order valence-corrected chi connectivity index (χ1v) is 5.32. The fourth-order valence-electron chi connectivity index (χ4n) is 1.45. The first-order chi connectivity index (χ1) is 9.06. The SMILES string of the molecule is O=C(O)c1ccc(/C=C/c2ccc([N+](=O)[O-])o2)cc1.[Na]. The van der Waals surface area contributed by atoms with E-state index in [0.717, 1.165) is 5.56 Å². The monoisotopic (exact) mass is 282 g/mol. The molecular weight excluding hydrogens is 273 g/mol. The Balaban J connectivity index is 0.00000200. The Morgan fingerprint density at radius 3 is 2.30 bits per heavy atom. The molecule has 0 spiro atoms. The molecule has 0 amide bonds. The maximum atomic E-state index is 10.7. The molecular formula is C13H9NNaO5. The van der Waals surface area contributed by atoms with Crippen LogP contribution >= 0.6 is 0 Å². The number of hydrogen-bond donors (Lipinski definition) is 1. The second kappa shape index (κ2) is 7.04. The number of hydrogen-bond acceptors (Lipinski definition) is 4. The Kier molecular flexibility index (Phi) is 5.69. The van der Waals surface area contributed by atoms with Gasteiger partial charge < -0.3 is 9.52 Å². The van der Waals surface area contributed by atoms with Crippen molar-refractivity contribution in [2.45, 2.75) is 0 Å². The van der Waals surface area contributed by atoms with E-state index in [1.807, 2.05) is 0 Å². The number of benzene rings is 1. The predicted octanol–water partition coefficient (Wildman–Crippen LogP) is 2.68. The molecule has 7 heteroatoms. The zero-order valence-corrected chi connectivity index (χ0v) is 12.6. The van der Waals surface area contributed by atoms with Crippen LogP contribution in [0.15, 0.2) is 40.8 Å². The zero-order valence-electron chi connectivity index (χ0n) is 10.6. The molecule has 20 heavy (non-hydrogen) atoms. The molecule has 1 heterocycles. The van der Waals surface area contributed by atoms with Gasteiger partial charge in [0.2, 0.25) is 0 Å². The molecule has 0 atom stereocenters. The van der Waals surface area contributed by atoms with Gasteiger partial charge in [0, 0.05) is 29.6 Å². The number of aromatic carboxylic acids is 1. The van der Waals surface area contributed by atoms with Crippen LogP contribution in [0.4, 0.5) is 5.88 Å². The summed E-state index contributed by atoms with van der Waals surface area (Å²) in [5, 5.41) is 19.2. The summed E-state index contributed by atoms with van der Waals surface area (Å²) < 4.78 is 4.95. The largest absolute Gasteiger partial charge is 0.478 e. The first-order valence-electron chi connectivity index (χ1n) is 5.32. The number of carboxylic acids is 1. The normalized spacial score (nSPS) is 10.2. The van der Waals surface area contributed by atoms with Crippen LogP contribution in [0, 0.1) is 10.1 Å². The first kappa shape index (κ1) is 16.2. The van der Waals surface area contributed by atoms with Crippen molar-refractivity contribution >= 4 is 53.6 Å². The number of nitrogens with zero attached hydrogens (tertiary/aromatic N) is 1. The Hall–Kier alpha value is -1.89. The van der Waals surface area contributed by atoms with E-state index in [2.05, 4.69) is 0 Å². The van der Waals surface area contributed by atoms with Crippen LogP contribution in [0.2, 0.25) is 0 Å². The summed E-state index contributed by atoms with van der Waals surface area (Å²) in [4.78, 5) is 20.5. The van der Waals surface area contributed by atoms with Gasteiger partial charge in [-0.1, -0.05) is 18.2 Å². The smallest absolute Gasteiger partial charge is 0.433 e. The van der Waals surface area contributed by atoms with Crippen LogP contribution in [0.25, 0.3) is 12.2 Å². The topological polar surface area (TPSA) is 93.6 Å². The van der Waals surface area contributed by atoms with Gasteiger partial charge in [-0.25, -0.2) is 4.79 Å². The Bertz CT molecular complexity index is 645. The third-order valence-electron chi connectivity index (χ3n) is 2.39. The summed E-state index contributed by atoms with van der Waals surface area (Å²) in [6.45, 7) is 0. The number of carbonyl (C=O) groups is 1. The second-order valence-electron chi connectivity index (χ2n) is 3.69. The minimum atomic E-state index is -0.989. The summed E-state index contributed by atoms with van der Waals surface area (Å²) in [5.41, 5.74) is 0.967. The number of rotatable bonds is 4. The van der Waals surface area contributed by atoms with E-state index in [1.165, 1.54) is 24.3 Å². The van der Waals surface area contributed by atoms with Gasteiger partial charge in [-0.3, -0.25) is 10.1 Å². The molecule has 0 saturated carbocycles. The summed E-state index contributed by atoms with van der Waals surface area (Å²) in [5.74, 6) is -0.952. The van der Waals surface area contributed by atoms with Gasteiger partial charge in [-0.2, -0.15) is 0 Å². The second-order valence-corrected chi connectivity index (χ2v) is 3.69. The molecule has 0 unspecified atom stereocenters. The zero-order chi connectivity index (χ0) is 13.8. The average Bonchev–Trinajstić information content (AvgIpc) is 2.86. The maximum Gasteiger partial charge on any atom is 0.433 e. The van der Waals surface area contributed by atoms with E-state index < -0.39 is 10.9 Å². The fourth-order valence-corrected chi connectivity index (χ4v) is 1.45. The molecule has 1 aromatic carbocycles. The summed E-state index contributed by atoms with van der Waals surface area (Å²) in [6, 6.07) is 8.99. The summed E-state index contributed by atoms with van der Waals surface area (Å²) >= 11 is 0. The Morgan fingerprint density at radius 2 is 1.80 bits per heavy atom. The van der Waals surface area contributed by atoms with Gasteiger partial charge in [0.15, 0.2) is 0 Å². The van der Waals surface area contributed by atoms with Gasteiger partial charge in [0.25, 0.3) is 0 Å². The van der Waals surface area contributed by atoms with Crippen molar-refractivity contribution in [1.82, 2.24) is 0 Å². The van der Waals surface area contributed by atoms with Crippen LogP contribution in [-0.2, 0) is 0 Å². The fraction of sp³-hybridized carbons (Fsp3) is 0. The molecule has 1 N–H and O–H groups in total. The van der Waals surface area contributed by atoms with Gasteiger partial charge in [-0.05, 0) is 29.8 Å². The number of nitro groups is 1. The minimum Gasteiger partial charge on any atom is -0.478 e. The van der Waals surface area contributed by atoms with Crippen LogP contribution in [-0.4, -0.2) is 45.6 Å². The van der Waals surface area contributed by atoms with Gasteiger partial charge in [0.05, 0.1) is 11.6 Å². The van der Waals surface area contributed by atoms with Crippen molar-refractivity contribution < 1.29 is 19.2 Å². The van der Waals surface area contributed by atoms with E-state index in [4.69, 9.17) is 9.52 Å². The van der Waals surface area contributed by atoms with Crippen molar-refractivity contribution in [3.05, 3.63) is 63.4 Å². The van der Waals surface area contributed by atoms with E-state index in [0.29, 0.717) is 5.76 Å². The molecule has 0 aliphatic heterocycles. The summed E-state index contributed by atoms with van der Waals surface area (Å²) in [6.07, 6.45) is 3.25. The van der Waals surface area contributed by atoms with Crippen molar-refractivity contribution in [2.24, 2.45) is 0 Å². The van der Waals surface area contributed by atoms with Crippen LogP contribution in [0.5, 0.6) is 0 Å². The quantitative estimate of drug-likeness (QED) is 0.528. The molecule has 0 saturated heterocycles. The maximum absolute atomic E-state index is 10.7. The van der Waals surface area contributed by atoms with E-state index in [1.54, 1.807) is 24.3 Å². The van der Waals surface area contributed by atoms with E-state index >= 15 is 0 Å². The molecule has 2 aromatic rings. The third kappa shape index (κ3) is 4.06. The van der Waals surface area contributed by atoms with Gasteiger partial charge in [0.1, 0.15) is 10.7 Å². The Labute approximate surface area is 136 Å². The third-order valence-corrected chi connectivity index (χ3v) is 2.39. The average molecular weight is 282 g/mol. The van der Waals surface area contributed by atoms with E-state index in [9.17, 15) is 14.9 Å². The van der Waals surface area contributed by atoms with Crippen molar-refractivity contribution in [2.75, 3.05) is 0 Å². The molecule has 0 aliphatic carbocycles. The predicted molar refractivity (Wildman–Crippen MR) is 73.4 cm³/mol. The molecule has 0 bridgehead atoms. The number of furan rings is 1. The molecule has 1 aromatic heterocycles. The standard InChI is InChI=1S/C13H9NO5.Na/c15-13(16)10-4-1-9(2-5-10)3-6-11-7-8-12(19-11)14(17)18;/h1-8H,(H,15,16);/b6-3+;. The minimum absolute atomic E-state index is 0. The van der Waals surface area contributed by atoms with Gasteiger partial charge in [-0.15, -0.1) is 0 Å². The molecule has 1 radical (unpaired) electrons. The molecule has 2 rings (SSSR count). The molecule has 0 fully saturated rings. The Morgan fingerprint density at radius 1 is 1.15 bits per heavy atom. The van der Waals surface area contributed by atoms with Crippen LogP contribution < -0.4 is 0 Å². The molecule has 0 aliphatic rings. The van der Waals surface area contributed by atoms with Crippen molar-refractivity contribution in [1.29, 1.82) is 0 Å². The van der Waals surface area contributed by atoms with Crippen molar-refractivity contribution in [3.8, 4) is 0 Å². The van der Waals surface area contributed by atoms with Crippen molar-refractivity contribution in [3.63, 3.8) is 0 Å². The number of carboxylic acid groups (broad SMARTS) is 1. The van der Waals surface area contributed by atoms with Gasteiger partial charge >= 0.3 is 11.9 Å². The van der Waals surface area contributed by atoms with Crippen LogP contribution in [0.3, 0.4) is 0 Å². The van der Waals surface area contributed by atoms with E-state index in [-0.39, 0.29) is 41.0 Å². The summed E-state index contributed by atoms with van der Waals surface area (Å²) in [7, 11) is 0. The molecule has 97 valence electrons.